The number of hydrogen-bond acceptors (Lipinski definition) is 4. The van der Waals surface area contributed by atoms with Crippen LogP contribution in [0.4, 0.5) is 8.78 Å². The zero-order valence-corrected chi connectivity index (χ0v) is 39.1. The summed E-state index contributed by atoms with van der Waals surface area (Å²) in [6, 6.07) is 0.222. The van der Waals surface area contributed by atoms with Crippen LogP contribution in [0.25, 0.3) is 0 Å². The highest BCUT2D eigenvalue weighted by Gasteiger charge is 2.40. The monoisotopic (exact) mass is 813 g/mol. The van der Waals surface area contributed by atoms with Gasteiger partial charge in [0.15, 0.2) is 0 Å². The highest BCUT2D eigenvalue weighted by molar-refractivity contribution is 5.77. The van der Waals surface area contributed by atoms with Gasteiger partial charge in [-0.2, -0.15) is 8.78 Å². The summed E-state index contributed by atoms with van der Waals surface area (Å²) in [5.74, 6) is -4.29. The Morgan fingerprint density at radius 1 is 0.491 bits per heavy atom. The van der Waals surface area contributed by atoms with Gasteiger partial charge in [0.25, 0.3) is 0 Å². The predicted octanol–water partition coefficient (Wildman–Crippen LogP) is 15.7. The Bertz CT molecular complexity index is 886. The molecule has 1 amide bonds. The highest BCUT2D eigenvalue weighted by atomic mass is 19.3. The number of ether oxygens (including phenoxy) is 1. The Hall–Kier alpha value is -1.24. The molecule has 0 aliphatic rings. The fourth-order valence-electron chi connectivity index (χ4n) is 8.28. The number of amides is 1. The molecule has 0 aliphatic heterocycles. The standard InChI is InChI=1S/C50H98F2N2O3/c1-7-11-15-19-22-24-29-35-44-54(48(55)41-36-43-53(5)6)47(39-32-26-23-20-16-12-8-2)40-33-27-28-34-42-50(51,52)49(56)57-45-46(37-30-18-14-10-4)38-31-25-21-17-13-9-3/h46-47H,7-45H2,1-6H3. The van der Waals surface area contributed by atoms with Crippen molar-refractivity contribution in [3.8, 4) is 0 Å². The van der Waals surface area contributed by atoms with Gasteiger partial charge in [-0.25, -0.2) is 4.79 Å². The number of esters is 1. The average Bonchev–Trinajstić information content (AvgIpc) is 3.18. The summed E-state index contributed by atoms with van der Waals surface area (Å²) in [5, 5.41) is 0. The molecule has 0 aromatic rings. The molecular weight excluding hydrogens is 715 g/mol. The fourth-order valence-corrected chi connectivity index (χ4v) is 8.28. The van der Waals surface area contributed by atoms with E-state index in [-0.39, 0.29) is 18.6 Å². The molecule has 2 atom stereocenters. The van der Waals surface area contributed by atoms with Gasteiger partial charge >= 0.3 is 11.9 Å². The van der Waals surface area contributed by atoms with Crippen molar-refractivity contribution >= 4 is 11.9 Å². The van der Waals surface area contributed by atoms with E-state index in [2.05, 4.69) is 51.6 Å². The zero-order valence-electron chi connectivity index (χ0n) is 39.1. The first-order valence-electron chi connectivity index (χ1n) is 25.1. The summed E-state index contributed by atoms with van der Waals surface area (Å²) in [4.78, 5) is 30.8. The van der Waals surface area contributed by atoms with Gasteiger partial charge in [-0.1, -0.05) is 201 Å². The molecule has 0 saturated heterocycles. The van der Waals surface area contributed by atoms with E-state index in [1.807, 2.05) is 0 Å². The second kappa shape index (κ2) is 40.2. The molecule has 340 valence electrons. The summed E-state index contributed by atoms with van der Waals surface area (Å²) in [5.41, 5.74) is 0. The lowest BCUT2D eigenvalue weighted by Crippen LogP contribution is -2.41. The minimum Gasteiger partial charge on any atom is -0.461 e. The number of nitrogens with zero attached hydrogens (tertiary/aromatic N) is 2. The third kappa shape index (κ3) is 34.2. The smallest absolute Gasteiger partial charge is 0.376 e. The maximum atomic E-state index is 15.0. The summed E-state index contributed by atoms with van der Waals surface area (Å²) >= 11 is 0. The van der Waals surface area contributed by atoms with Gasteiger partial charge in [-0.3, -0.25) is 4.79 Å². The Balaban J connectivity index is 5.17. The van der Waals surface area contributed by atoms with Gasteiger partial charge in [0, 0.05) is 25.4 Å². The average molecular weight is 813 g/mol. The second-order valence-corrected chi connectivity index (χ2v) is 18.1. The van der Waals surface area contributed by atoms with Gasteiger partial charge in [-0.15, -0.1) is 0 Å². The SMILES string of the molecule is CCCCCCCCCCN(C(=O)CCCN(C)C)C(CCCCCCCCC)CCCCCCC(F)(F)C(=O)OCC(CCCCCC)CCCCCCCC. The van der Waals surface area contributed by atoms with Crippen molar-refractivity contribution < 1.29 is 23.1 Å². The first-order chi connectivity index (χ1) is 27.6. The zero-order chi connectivity index (χ0) is 42.2. The lowest BCUT2D eigenvalue weighted by Gasteiger charge is -2.33. The topological polar surface area (TPSA) is 49.9 Å². The van der Waals surface area contributed by atoms with Gasteiger partial charge in [0.05, 0.1) is 6.61 Å². The van der Waals surface area contributed by atoms with E-state index >= 15 is 8.78 Å². The highest BCUT2D eigenvalue weighted by Crippen LogP contribution is 2.27. The van der Waals surface area contributed by atoms with Crippen LogP contribution in [-0.4, -0.2) is 67.4 Å². The molecule has 0 rings (SSSR count). The molecule has 0 aliphatic carbocycles. The van der Waals surface area contributed by atoms with E-state index in [9.17, 15) is 9.59 Å². The second-order valence-electron chi connectivity index (χ2n) is 18.1. The normalized spacial score (nSPS) is 13.0. The van der Waals surface area contributed by atoms with Crippen LogP contribution in [0.5, 0.6) is 0 Å². The van der Waals surface area contributed by atoms with Gasteiger partial charge in [-0.05, 0) is 71.5 Å². The molecule has 0 radical (unpaired) electrons. The summed E-state index contributed by atoms with van der Waals surface area (Å²) in [7, 11) is 4.13. The van der Waals surface area contributed by atoms with Crippen molar-refractivity contribution in [1.82, 2.24) is 9.80 Å². The van der Waals surface area contributed by atoms with Crippen molar-refractivity contribution in [3.05, 3.63) is 0 Å². The van der Waals surface area contributed by atoms with E-state index in [0.717, 1.165) is 96.6 Å². The molecule has 0 fully saturated rings. The minimum atomic E-state index is -3.43. The number of carbonyl (C=O) groups excluding carboxylic acids is 2. The number of halogens is 2. The van der Waals surface area contributed by atoms with E-state index in [0.29, 0.717) is 25.2 Å². The van der Waals surface area contributed by atoms with Crippen LogP contribution < -0.4 is 0 Å². The third-order valence-corrected chi connectivity index (χ3v) is 12.1. The maximum absolute atomic E-state index is 15.0. The molecule has 0 N–H and O–H groups in total. The number of rotatable bonds is 44. The van der Waals surface area contributed by atoms with Crippen LogP contribution in [-0.2, 0) is 14.3 Å². The Labute approximate surface area is 354 Å². The largest absolute Gasteiger partial charge is 0.461 e. The van der Waals surface area contributed by atoms with Crippen molar-refractivity contribution in [2.24, 2.45) is 5.92 Å². The molecule has 7 heteroatoms. The van der Waals surface area contributed by atoms with Crippen molar-refractivity contribution in [2.75, 3.05) is 33.8 Å². The molecule has 0 aromatic carbocycles. The van der Waals surface area contributed by atoms with Crippen LogP contribution in [0.15, 0.2) is 0 Å². The summed E-state index contributed by atoms with van der Waals surface area (Å²) in [6.07, 6.45) is 38.2. The van der Waals surface area contributed by atoms with E-state index in [1.165, 1.54) is 122 Å². The van der Waals surface area contributed by atoms with Crippen LogP contribution in [0.2, 0.25) is 0 Å². The van der Waals surface area contributed by atoms with Crippen molar-refractivity contribution in [1.29, 1.82) is 0 Å². The lowest BCUT2D eigenvalue weighted by molar-refractivity contribution is -0.174. The van der Waals surface area contributed by atoms with Gasteiger partial charge in [0.2, 0.25) is 5.91 Å². The molecule has 0 aromatic heterocycles. The summed E-state index contributed by atoms with van der Waals surface area (Å²) in [6.45, 7) is 10.8. The molecule has 0 saturated carbocycles. The van der Waals surface area contributed by atoms with Crippen LogP contribution in [0, 0.1) is 5.92 Å². The molecule has 5 nitrogen and oxygen atoms in total. The molecule has 57 heavy (non-hydrogen) atoms. The van der Waals surface area contributed by atoms with E-state index < -0.39 is 18.3 Å². The van der Waals surface area contributed by atoms with Gasteiger partial charge < -0.3 is 14.5 Å². The van der Waals surface area contributed by atoms with Crippen LogP contribution >= 0.6 is 0 Å². The van der Waals surface area contributed by atoms with E-state index in [4.69, 9.17) is 4.74 Å². The fraction of sp³-hybridized carbons (Fsp3) is 0.960. The molecule has 0 bridgehead atoms. The molecular formula is C50H98F2N2O3. The van der Waals surface area contributed by atoms with Crippen LogP contribution in [0.3, 0.4) is 0 Å². The van der Waals surface area contributed by atoms with Crippen LogP contribution in [0.1, 0.15) is 259 Å². The van der Waals surface area contributed by atoms with Crippen molar-refractivity contribution in [2.45, 2.75) is 271 Å². The molecule has 0 heterocycles. The number of unbranched alkanes of at least 4 members (excludes halogenated alkanes) is 24. The Morgan fingerprint density at radius 3 is 1.33 bits per heavy atom. The maximum Gasteiger partial charge on any atom is 0.376 e. The third-order valence-electron chi connectivity index (χ3n) is 12.1. The quantitative estimate of drug-likeness (QED) is 0.0454. The summed E-state index contributed by atoms with van der Waals surface area (Å²) < 4.78 is 35.4. The number of alkyl halides is 2. The van der Waals surface area contributed by atoms with E-state index in [1.54, 1.807) is 0 Å². The van der Waals surface area contributed by atoms with Crippen molar-refractivity contribution in [3.63, 3.8) is 0 Å². The first-order valence-corrected chi connectivity index (χ1v) is 25.1. The molecule has 2 unspecified atom stereocenters. The minimum absolute atomic E-state index is 0.124. The first kappa shape index (κ1) is 55.8. The lowest BCUT2D eigenvalue weighted by atomic mass is 9.95. The predicted molar refractivity (Wildman–Crippen MR) is 242 cm³/mol. The number of hydrogen-bond donors (Lipinski definition) is 0. The van der Waals surface area contributed by atoms with Gasteiger partial charge in [0.1, 0.15) is 0 Å². The Morgan fingerprint density at radius 2 is 0.877 bits per heavy atom. The number of carbonyl (C=O) groups is 2. The Kier molecular flexibility index (Phi) is 39.3. The molecule has 0 spiro atoms.